The largest absolute Gasteiger partial charge is 0.493 e. The summed E-state index contributed by atoms with van der Waals surface area (Å²) in [6.07, 6.45) is 7.64. The van der Waals surface area contributed by atoms with Gasteiger partial charge in [-0.1, -0.05) is 30.3 Å². The van der Waals surface area contributed by atoms with Crippen LogP contribution in [-0.2, 0) is 24.8 Å². The van der Waals surface area contributed by atoms with E-state index in [0.717, 1.165) is 40.0 Å². The number of aromatic nitrogens is 3. The van der Waals surface area contributed by atoms with Crippen molar-refractivity contribution < 1.29 is 14.3 Å². The van der Waals surface area contributed by atoms with Gasteiger partial charge in [-0.2, -0.15) is 0 Å². The summed E-state index contributed by atoms with van der Waals surface area (Å²) < 4.78 is 12.9. The fourth-order valence-electron chi connectivity index (χ4n) is 4.60. The molecule has 4 aromatic rings. The Morgan fingerprint density at radius 2 is 1.69 bits per heavy atom. The molecule has 1 amide bonds. The van der Waals surface area contributed by atoms with Crippen LogP contribution in [0.4, 0.5) is 0 Å². The van der Waals surface area contributed by atoms with Crippen molar-refractivity contribution in [2.75, 3.05) is 20.8 Å². The molecule has 180 valence electrons. The Bertz CT molecular complexity index is 1400. The number of rotatable bonds is 5. The Hall–Kier alpha value is -3.84. The third kappa shape index (κ3) is 4.47. The average molecular weight is 491 g/mol. The van der Waals surface area contributed by atoms with E-state index in [4.69, 9.17) is 9.47 Å². The van der Waals surface area contributed by atoms with Gasteiger partial charge in [0.1, 0.15) is 5.52 Å². The minimum absolute atomic E-state index is 0. The van der Waals surface area contributed by atoms with Gasteiger partial charge in [0.15, 0.2) is 17.1 Å². The second-order valence-corrected chi connectivity index (χ2v) is 8.23. The lowest BCUT2D eigenvalue weighted by Gasteiger charge is -2.28. The summed E-state index contributed by atoms with van der Waals surface area (Å²) in [6.45, 7) is 1.17. The molecule has 0 unspecified atom stereocenters. The zero-order chi connectivity index (χ0) is 23.7. The van der Waals surface area contributed by atoms with Crippen molar-refractivity contribution in [3.8, 4) is 22.8 Å². The highest BCUT2D eigenvalue weighted by molar-refractivity contribution is 5.99. The summed E-state index contributed by atoms with van der Waals surface area (Å²) in [4.78, 5) is 24.1. The Balaban J connectivity index is 0.00000289. The normalized spacial score (nSPS) is 12.9. The summed E-state index contributed by atoms with van der Waals surface area (Å²) in [5, 5.41) is 0. The van der Waals surface area contributed by atoms with E-state index in [1.54, 1.807) is 32.7 Å². The van der Waals surface area contributed by atoms with Crippen LogP contribution in [0, 0.1) is 0 Å². The van der Waals surface area contributed by atoms with Gasteiger partial charge in [-0.25, -0.2) is 4.98 Å². The Kier molecular flexibility index (Phi) is 7.07. The van der Waals surface area contributed by atoms with Crippen LogP contribution in [0.3, 0.4) is 0 Å². The molecule has 0 bridgehead atoms. The number of benzene rings is 2. The lowest BCUT2D eigenvalue weighted by molar-refractivity contribution is -0.126. The van der Waals surface area contributed by atoms with Gasteiger partial charge in [0.25, 0.3) is 0 Å². The number of nitrogens with zero attached hydrogens (tertiary/aromatic N) is 4. The predicted molar refractivity (Wildman–Crippen MR) is 139 cm³/mol. The van der Waals surface area contributed by atoms with E-state index in [-0.39, 0.29) is 18.3 Å². The topological polar surface area (TPSA) is 69.5 Å². The highest BCUT2D eigenvalue weighted by atomic mass is 35.5. The average Bonchev–Trinajstić information content (AvgIpc) is 3.18. The van der Waals surface area contributed by atoms with Crippen molar-refractivity contribution >= 4 is 35.6 Å². The van der Waals surface area contributed by atoms with Crippen molar-refractivity contribution in [3.05, 3.63) is 77.6 Å². The van der Waals surface area contributed by atoms with Crippen LogP contribution >= 0.6 is 12.4 Å². The van der Waals surface area contributed by atoms with Gasteiger partial charge in [0, 0.05) is 44.2 Å². The molecule has 3 heterocycles. The van der Waals surface area contributed by atoms with Gasteiger partial charge in [0.05, 0.1) is 19.9 Å². The van der Waals surface area contributed by atoms with Gasteiger partial charge >= 0.3 is 0 Å². The zero-order valence-electron chi connectivity index (χ0n) is 19.9. The maximum absolute atomic E-state index is 13.2. The number of halogens is 1. The molecule has 2 aromatic carbocycles. The number of methoxy groups -OCH3 is 2. The van der Waals surface area contributed by atoms with Crippen LogP contribution < -0.4 is 9.47 Å². The van der Waals surface area contributed by atoms with E-state index in [9.17, 15) is 4.79 Å². The van der Waals surface area contributed by atoms with Crippen molar-refractivity contribution in [1.82, 2.24) is 19.4 Å². The van der Waals surface area contributed by atoms with Crippen LogP contribution in [0.5, 0.6) is 11.5 Å². The molecule has 35 heavy (non-hydrogen) atoms. The molecular weight excluding hydrogens is 464 g/mol. The first-order valence-electron chi connectivity index (χ1n) is 11.2. The lowest BCUT2D eigenvalue weighted by atomic mass is 9.98. The molecule has 0 aliphatic carbocycles. The first-order valence-corrected chi connectivity index (χ1v) is 11.2. The van der Waals surface area contributed by atoms with Gasteiger partial charge in [0.2, 0.25) is 5.91 Å². The molecule has 1 aliphatic rings. The SMILES string of the molecule is COc1cc2c(cc1OC)CN(C(=O)C=Cc1c(-c3ccccc3)n(C)c3nccnc13)CC2.Cl. The summed E-state index contributed by atoms with van der Waals surface area (Å²) in [5.74, 6) is 1.35. The fourth-order valence-corrected chi connectivity index (χ4v) is 4.60. The molecule has 0 saturated carbocycles. The van der Waals surface area contributed by atoms with E-state index in [0.29, 0.717) is 24.6 Å². The summed E-state index contributed by atoms with van der Waals surface area (Å²) in [5.41, 5.74) is 6.72. The van der Waals surface area contributed by atoms with Crippen LogP contribution in [0.2, 0.25) is 0 Å². The zero-order valence-corrected chi connectivity index (χ0v) is 20.7. The Labute approximate surface area is 210 Å². The van der Waals surface area contributed by atoms with Crippen molar-refractivity contribution in [2.45, 2.75) is 13.0 Å². The van der Waals surface area contributed by atoms with Crippen molar-refractivity contribution in [2.24, 2.45) is 7.05 Å². The van der Waals surface area contributed by atoms with Gasteiger partial charge < -0.3 is 18.9 Å². The molecule has 2 aromatic heterocycles. The monoisotopic (exact) mass is 490 g/mol. The summed E-state index contributed by atoms with van der Waals surface area (Å²) in [6, 6.07) is 14.1. The lowest BCUT2D eigenvalue weighted by Crippen LogP contribution is -2.34. The predicted octanol–water partition coefficient (Wildman–Crippen LogP) is 4.67. The molecule has 0 fully saturated rings. The molecule has 8 heteroatoms. The summed E-state index contributed by atoms with van der Waals surface area (Å²) >= 11 is 0. The van der Waals surface area contributed by atoms with E-state index < -0.39 is 0 Å². The van der Waals surface area contributed by atoms with Crippen LogP contribution in [0.15, 0.2) is 60.9 Å². The number of ether oxygens (including phenoxy) is 2. The molecule has 7 nitrogen and oxygen atoms in total. The highest BCUT2D eigenvalue weighted by Crippen LogP contribution is 2.34. The van der Waals surface area contributed by atoms with Crippen molar-refractivity contribution in [3.63, 3.8) is 0 Å². The van der Waals surface area contributed by atoms with Crippen LogP contribution in [-0.4, -0.2) is 46.1 Å². The molecule has 0 spiro atoms. The molecule has 0 saturated heterocycles. The number of amides is 1. The number of fused-ring (bicyclic) bond motifs is 2. The first kappa shape index (κ1) is 24.3. The number of carbonyl (C=O) groups excluding carboxylic acids is 1. The molecule has 0 N–H and O–H groups in total. The smallest absolute Gasteiger partial charge is 0.246 e. The number of aryl methyl sites for hydroxylation is 1. The highest BCUT2D eigenvalue weighted by Gasteiger charge is 2.22. The molecule has 0 atom stereocenters. The maximum Gasteiger partial charge on any atom is 0.246 e. The summed E-state index contributed by atoms with van der Waals surface area (Å²) in [7, 11) is 5.23. The molecular formula is C27H27ClN4O3. The third-order valence-corrected chi connectivity index (χ3v) is 6.31. The minimum Gasteiger partial charge on any atom is -0.493 e. The first-order chi connectivity index (χ1) is 16.6. The van der Waals surface area contributed by atoms with Gasteiger partial charge in [-0.3, -0.25) is 9.78 Å². The van der Waals surface area contributed by atoms with Crippen molar-refractivity contribution in [1.29, 1.82) is 0 Å². The fraction of sp³-hybridized carbons (Fsp3) is 0.222. The number of hydrogen-bond acceptors (Lipinski definition) is 5. The minimum atomic E-state index is -0.0414. The van der Waals surface area contributed by atoms with E-state index >= 15 is 0 Å². The van der Waals surface area contributed by atoms with Gasteiger partial charge in [-0.05, 0) is 41.3 Å². The molecule has 0 radical (unpaired) electrons. The molecule has 1 aliphatic heterocycles. The Morgan fingerprint density at radius 1 is 1.00 bits per heavy atom. The quantitative estimate of drug-likeness (QED) is 0.380. The maximum atomic E-state index is 13.2. The second kappa shape index (κ2) is 10.2. The van der Waals surface area contributed by atoms with Crippen LogP contribution in [0.1, 0.15) is 16.7 Å². The van der Waals surface area contributed by atoms with E-state index in [1.165, 1.54) is 5.56 Å². The van der Waals surface area contributed by atoms with Gasteiger partial charge in [-0.15, -0.1) is 12.4 Å². The molecule has 5 rings (SSSR count). The number of hydrogen-bond donors (Lipinski definition) is 0. The van der Waals surface area contributed by atoms with E-state index in [1.807, 2.05) is 52.9 Å². The second-order valence-electron chi connectivity index (χ2n) is 8.23. The Morgan fingerprint density at radius 3 is 2.40 bits per heavy atom. The van der Waals surface area contributed by atoms with Crippen LogP contribution in [0.25, 0.3) is 28.5 Å². The standard InChI is InChI=1S/C27H26N4O3.ClH/c1-30-26(18-7-5-4-6-8-18)21(25-27(30)29-13-12-28-25)9-10-24(32)31-14-11-19-15-22(33-2)23(34-3)16-20(19)17-31;/h4-10,12-13,15-16H,11,14,17H2,1-3H3;1H. The number of carbonyl (C=O) groups is 1. The van der Waals surface area contributed by atoms with E-state index in [2.05, 4.69) is 22.1 Å². The third-order valence-electron chi connectivity index (χ3n) is 6.31.